The SMILES string of the molecule is Cn1c(-c2cc(OCC3CC3)c3ccccc3c2)n[nH]c1=O. The molecule has 0 bridgehead atoms. The second-order valence-corrected chi connectivity index (χ2v) is 5.86. The summed E-state index contributed by atoms with van der Waals surface area (Å²) < 4.78 is 7.54. The molecule has 2 aromatic carbocycles. The van der Waals surface area contributed by atoms with Crippen LogP contribution in [-0.4, -0.2) is 21.4 Å². The zero-order valence-electron chi connectivity index (χ0n) is 12.4. The van der Waals surface area contributed by atoms with Gasteiger partial charge >= 0.3 is 5.69 Å². The van der Waals surface area contributed by atoms with E-state index in [0.717, 1.165) is 28.7 Å². The number of benzene rings is 2. The van der Waals surface area contributed by atoms with Gasteiger partial charge in [0.1, 0.15) is 5.75 Å². The van der Waals surface area contributed by atoms with Gasteiger partial charge in [0.05, 0.1) is 6.61 Å². The van der Waals surface area contributed by atoms with Gasteiger partial charge in [-0.1, -0.05) is 24.3 Å². The molecule has 5 nitrogen and oxygen atoms in total. The minimum atomic E-state index is -0.219. The van der Waals surface area contributed by atoms with Gasteiger partial charge in [-0.05, 0) is 36.3 Å². The van der Waals surface area contributed by atoms with Crippen LogP contribution in [0.4, 0.5) is 0 Å². The van der Waals surface area contributed by atoms with Crippen molar-refractivity contribution in [1.82, 2.24) is 14.8 Å². The first kappa shape index (κ1) is 13.1. The molecule has 1 saturated carbocycles. The van der Waals surface area contributed by atoms with E-state index in [2.05, 4.69) is 16.3 Å². The number of aromatic nitrogens is 3. The van der Waals surface area contributed by atoms with Gasteiger partial charge in [-0.25, -0.2) is 9.89 Å². The Labute approximate surface area is 127 Å². The molecule has 0 atom stereocenters. The molecule has 4 rings (SSSR count). The fourth-order valence-corrected chi connectivity index (χ4v) is 2.62. The number of nitrogens with zero attached hydrogens (tertiary/aromatic N) is 2. The quantitative estimate of drug-likeness (QED) is 0.805. The topological polar surface area (TPSA) is 59.9 Å². The molecule has 5 heteroatoms. The van der Waals surface area contributed by atoms with E-state index in [1.165, 1.54) is 17.4 Å². The Morgan fingerprint density at radius 3 is 2.86 bits per heavy atom. The van der Waals surface area contributed by atoms with Crippen molar-refractivity contribution in [3.05, 3.63) is 46.9 Å². The summed E-state index contributed by atoms with van der Waals surface area (Å²) in [6.07, 6.45) is 2.51. The Hall–Kier alpha value is -2.56. The Kier molecular flexibility index (Phi) is 2.99. The predicted molar refractivity (Wildman–Crippen MR) is 85.0 cm³/mol. The summed E-state index contributed by atoms with van der Waals surface area (Å²) in [5, 5.41) is 8.77. The van der Waals surface area contributed by atoms with E-state index in [4.69, 9.17) is 4.74 Å². The van der Waals surface area contributed by atoms with Crippen molar-refractivity contribution in [2.24, 2.45) is 13.0 Å². The molecule has 1 aliphatic carbocycles. The molecule has 1 fully saturated rings. The minimum absolute atomic E-state index is 0.219. The number of fused-ring (bicyclic) bond motifs is 1. The number of rotatable bonds is 4. The van der Waals surface area contributed by atoms with Crippen molar-refractivity contribution in [3.8, 4) is 17.1 Å². The highest BCUT2D eigenvalue weighted by Crippen LogP contribution is 2.34. The van der Waals surface area contributed by atoms with Crippen LogP contribution >= 0.6 is 0 Å². The number of aromatic amines is 1. The van der Waals surface area contributed by atoms with Gasteiger partial charge in [-0.3, -0.25) is 4.57 Å². The standard InChI is InChI=1S/C17H17N3O2/c1-20-16(18-19-17(20)21)13-8-12-4-2-3-5-14(12)15(9-13)22-10-11-6-7-11/h2-5,8-9,11H,6-7,10H2,1H3,(H,19,21). The Morgan fingerprint density at radius 1 is 1.32 bits per heavy atom. The lowest BCUT2D eigenvalue weighted by Crippen LogP contribution is -2.13. The molecule has 22 heavy (non-hydrogen) atoms. The van der Waals surface area contributed by atoms with Crippen molar-refractivity contribution in [2.45, 2.75) is 12.8 Å². The number of H-pyrrole nitrogens is 1. The molecular weight excluding hydrogens is 278 g/mol. The molecule has 112 valence electrons. The molecule has 0 unspecified atom stereocenters. The fraction of sp³-hybridized carbons (Fsp3) is 0.294. The zero-order chi connectivity index (χ0) is 15.1. The smallest absolute Gasteiger partial charge is 0.343 e. The highest BCUT2D eigenvalue weighted by atomic mass is 16.5. The van der Waals surface area contributed by atoms with Crippen LogP contribution in [-0.2, 0) is 7.05 Å². The minimum Gasteiger partial charge on any atom is -0.493 e. The lowest BCUT2D eigenvalue weighted by molar-refractivity contribution is 0.303. The number of ether oxygens (including phenoxy) is 1. The Balaban J connectivity index is 1.84. The average Bonchev–Trinajstić information content (AvgIpc) is 3.31. The first-order valence-electron chi connectivity index (χ1n) is 7.50. The summed E-state index contributed by atoms with van der Waals surface area (Å²) in [5.41, 5.74) is 0.661. The van der Waals surface area contributed by atoms with Crippen molar-refractivity contribution < 1.29 is 4.74 Å². The van der Waals surface area contributed by atoms with Gasteiger partial charge in [0.2, 0.25) is 0 Å². The van der Waals surface area contributed by atoms with E-state index in [9.17, 15) is 4.79 Å². The van der Waals surface area contributed by atoms with Crippen LogP contribution in [0.2, 0.25) is 0 Å². The highest BCUT2D eigenvalue weighted by molar-refractivity contribution is 5.92. The van der Waals surface area contributed by atoms with Crippen molar-refractivity contribution in [3.63, 3.8) is 0 Å². The molecule has 1 N–H and O–H groups in total. The number of hydrogen-bond acceptors (Lipinski definition) is 3. The maximum atomic E-state index is 11.6. The first-order valence-corrected chi connectivity index (χ1v) is 7.50. The summed E-state index contributed by atoms with van der Waals surface area (Å²) in [5.74, 6) is 2.17. The highest BCUT2D eigenvalue weighted by Gasteiger charge is 2.22. The third kappa shape index (κ3) is 2.28. The van der Waals surface area contributed by atoms with Crippen LogP contribution in [0, 0.1) is 5.92 Å². The maximum Gasteiger partial charge on any atom is 0.343 e. The Bertz CT molecular complexity index is 890. The van der Waals surface area contributed by atoms with Gasteiger partial charge in [-0.15, -0.1) is 0 Å². The second-order valence-electron chi connectivity index (χ2n) is 5.86. The largest absolute Gasteiger partial charge is 0.493 e. The van der Waals surface area contributed by atoms with Gasteiger partial charge in [0.15, 0.2) is 5.82 Å². The van der Waals surface area contributed by atoms with Crippen LogP contribution in [0.5, 0.6) is 5.75 Å². The molecule has 0 spiro atoms. The molecule has 3 aromatic rings. The van der Waals surface area contributed by atoms with Crippen LogP contribution in [0.1, 0.15) is 12.8 Å². The summed E-state index contributed by atoms with van der Waals surface area (Å²) in [7, 11) is 1.71. The molecule has 1 heterocycles. The van der Waals surface area contributed by atoms with Crippen LogP contribution in [0.15, 0.2) is 41.2 Å². The second kappa shape index (κ2) is 5.02. The molecule has 0 saturated heterocycles. The normalized spacial score (nSPS) is 14.4. The third-order valence-electron chi connectivity index (χ3n) is 4.13. The first-order chi connectivity index (χ1) is 10.7. The summed E-state index contributed by atoms with van der Waals surface area (Å²) >= 11 is 0. The summed E-state index contributed by atoms with van der Waals surface area (Å²) in [6.45, 7) is 0.757. The summed E-state index contributed by atoms with van der Waals surface area (Å²) in [6, 6.07) is 12.1. The average molecular weight is 295 g/mol. The van der Waals surface area contributed by atoms with Crippen LogP contribution < -0.4 is 10.4 Å². The van der Waals surface area contributed by atoms with Gasteiger partial charge < -0.3 is 4.74 Å². The van der Waals surface area contributed by atoms with E-state index in [0.29, 0.717) is 11.7 Å². The lowest BCUT2D eigenvalue weighted by Gasteiger charge is -2.11. The molecule has 1 aliphatic rings. The third-order valence-corrected chi connectivity index (χ3v) is 4.13. The van der Waals surface area contributed by atoms with E-state index in [1.807, 2.05) is 30.3 Å². The molecule has 0 aliphatic heterocycles. The predicted octanol–water partition coefficient (Wildman–Crippen LogP) is 2.72. The van der Waals surface area contributed by atoms with E-state index >= 15 is 0 Å². The van der Waals surface area contributed by atoms with Gasteiger partial charge in [0, 0.05) is 18.0 Å². The summed E-state index contributed by atoms with van der Waals surface area (Å²) in [4.78, 5) is 11.6. The number of hydrogen-bond donors (Lipinski definition) is 1. The van der Waals surface area contributed by atoms with E-state index in [1.54, 1.807) is 7.05 Å². The lowest BCUT2D eigenvalue weighted by atomic mass is 10.1. The molecule has 0 radical (unpaired) electrons. The molecule has 0 amide bonds. The van der Waals surface area contributed by atoms with Crippen molar-refractivity contribution in [1.29, 1.82) is 0 Å². The molecule has 1 aromatic heterocycles. The van der Waals surface area contributed by atoms with Crippen LogP contribution in [0.3, 0.4) is 0 Å². The number of nitrogens with one attached hydrogen (secondary N) is 1. The van der Waals surface area contributed by atoms with E-state index in [-0.39, 0.29) is 5.69 Å². The maximum absolute atomic E-state index is 11.6. The van der Waals surface area contributed by atoms with Crippen LogP contribution in [0.25, 0.3) is 22.2 Å². The zero-order valence-corrected chi connectivity index (χ0v) is 12.4. The Morgan fingerprint density at radius 2 is 2.14 bits per heavy atom. The van der Waals surface area contributed by atoms with Gasteiger partial charge in [0.25, 0.3) is 0 Å². The fourth-order valence-electron chi connectivity index (χ4n) is 2.62. The van der Waals surface area contributed by atoms with E-state index < -0.39 is 0 Å². The van der Waals surface area contributed by atoms with Crippen molar-refractivity contribution in [2.75, 3.05) is 6.61 Å². The van der Waals surface area contributed by atoms with Crippen molar-refractivity contribution >= 4 is 10.8 Å². The monoisotopic (exact) mass is 295 g/mol. The van der Waals surface area contributed by atoms with Gasteiger partial charge in [-0.2, -0.15) is 5.10 Å². The molecular formula is C17H17N3O2.